The molecule has 2 rings (SSSR count). The highest BCUT2D eigenvalue weighted by Gasteiger charge is 2.21. The number of hydrogen-bond acceptors (Lipinski definition) is 3. The predicted octanol–water partition coefficient (Wildman–Crippen LogP) is 3.54. The van der Waals surface area contributed by atoms with Gasteiger partial charge in [-0.25, -0.2) is 9.18 Å². The molecule has 5 nitrogen and oxygen atoms in total. The first-order valence-corrected chi connectivity index (χ1v) is 7.84. The topological polar surface area (TPSA) is 75.6 Å². The SMILES string of the molecule is CC(=O)NC(C(=O)O)c1cccc(-c2ccc(OC(C)C)c(F)c2)c1. The third-order valence-electron chi connectivity index (χ3n) is 3.44. The Kier molecular flexibility index (Phi) is 5.75. The van der Waals surface area contributed by atoms with Crippen LogP contribution in [0.3, 0.4) is 0 Å². The fourth-order valence-electron chi connectivity index (χ4n) is 2.42. The van der Waals surface area contributed by atoms with Gasteiger partial charge in [-0.2, -0.15) is 0 Å². The van der Waals surface area contributed by atoms with Crippen LogP contribution in [0.4, 0.5) is 4.39 Å². The average Bonchev–Trinajstić information content (AvgIpc) is 2.54. The molecule has 0 aliphatic carbocycles. The molecule has 1 amide bonds. The maximum Gasteiger partial charge on any atom is 0.330 e. The van der Waals surface area contributed by atoms with E-state index in [-0.39, 0.29) is 11.9 Å². The molecule has 0 bridgehead atoms. The molecule has 0 fully saturated rings. The van der Waals surface area contributed by atoms with Crippen LogP contribution >= 0.6 is 0 Å². The van der Waals surface area contributed by atoms with E-state index in [2.05, 4.69) is 5.32 Å². The van der Waals surface area contributed by atoms with Crippen molar-refractivity contribution in [3.05, 3.63) is 53.8 Å². The minimum Gasteiger partial charge on any atom is -0.488 e. The molecule has 0 aliphatic rings. The van der Waals surface area contributed by atoms with E-state index in [9.17, 15) is 19.1 Å². The number of benzene rings is 2. The van der Waals surface area contributed by atoms with Crippen LogP contribution in [0.1, 0.15) is 32.4 Å². The Labute approximate surface area is 145 Å². The Hall–Kier alpha value is -2.89. The zero-order chi connectivity index (χ0) is 18.6. The van der Waals surface area contributed by atoms with Gasteiger partial charge in [0.25, 0.3) is 0 Å². The molecule has 2 N–H and O–H groups in total. The van der Waals surface area contributed by atoms with Crippen molar-refractivity contribution in [3.63, 3.8) is 0 Å². The Bertz CT molecular complexity index is 789. The van der Waals surface area contributed by atoms with Gasteiger partial charge in [0.1, 0.15) is 0 Å². The van der Waals surface area contributed by atoms with Crippen LogP contribution in [0, 0.1) is 5.82 Å². The number of carboxylic acids is 1. The number of rotatable bonds is 6. The van der Waals surface area contributed by atoms with Crippen LogP contribution in [0.5, 0.6) is 5.75 Å². The molecule has 0 saturated heterocycles. The van der Waals surface area contributed by atoms with Gasteiger partial charge in [0.2, 0.25) is 5.91 Å². The van der Waals surface area contributed by atoms with Crippen LogP contribution in [0.25, 0.3) is 11.1 Å². The molecule has 2 aromatic rings. The van der Waals surface area contributed by atoms with Crippen molar-refractivity contribution in [2.75, 3.05) is 0 Å². The van der Waals surface area contributed by atoms with Gasteiger partial charge in [-0.1, -0.05) is 24.3 Å². The van der Waals surface area contributed by atoms with Crippen molar-refractivity contribution in [1.82, 2.24) is 5.32 Å². The normalized spacial score (nSPS) is 11.9. The monoisotopic (exact) mass is 345 g/mol. The van der Waals surface area contributed by atoms with Gasteiger partial charge in [-0.3, -0.25) is 4.79 Å². The molecule has 25 heavy (non-hydrogen) atoms. The lowest BCUT2D eigenvalue weighted by Crippen LogP contribution is -2.31. The second-order valence-electron chi connectivity index (χ2n) is 5.91. The highest BCUT2D eigenvalue weighted by atomic mass is 19.1. The summed E-state index contributed by atoms with van der Waals surface area (Å²) in [6.07, 6.45) is -0.141. The summed E-state index contributed by atoms with van der Waals surface area (Å²) in [6, 6.07) is 10.1. The minimum atomic E-state index is -1.17. The van der Waals surface area contributed by atoms with Crippen LogP contribution in [0.2, 0.25) is 0 Å². The molecule has 0 aromatic heterocycles. The number of amides is 1. The minimum absolute atomic E-state index is 0.141. The third kappa shape index (κ3) is 4.79. The average molecular weight is 345 g/mol. The zero-order valence-electron chi connectivity index (χ0n) is 14.2. The summed E-state index contributed by atoms with van der Waals surface area (Å²) >= 11 is 0. The Morgan fingerprint density at radius 1 is 1.12 bits per heavy atom. The van der Waals surface area contributed by atoms with Gasteiger partial charge in [-0.15, -0.1) is 0 Å². The maximum atomic E-state index is 14.2. The second kappa shape index (κ2) is 7.79. The second-order valence-corrected chi connectivity index (χ2v) is 5.91. The number of ether oxygens (including phenoxy) is 1. The summed E-state index contributed by atoms with van der Waals surface area (Å²) in [5.41, 5.74) is 1.63. The van der Waals surface area contributed by atoms with E-state index in [0.29, 0.717) is 16.7 Å². The first-order valence-electron chi connectivity index (χ1n) is 7.84. The van der Waals surface area contributed by atoms with Gasteiger partial charge >= 0.3 is 5.97 Å². The number of carbonyl (C=O) groups excluding carboxylic acids is 1. The van der Waals surface area contributed by atoms with Crippen LogP contribution < -0.4 is 10.1 Å². The molecule has 0 spiro atoms. The van der Waals surface area contributed by atoms with E-state index in [0.717, 1.165) is 0 Å². The Balaban J connectivity index is 2.36. The smallest absolute Gasteiger partial charge is 0.330 e. The molecule has 1 atom stereocenters. The van der Waals surface area contributed by atoms with Crippen molar-refractivity contribution < 1.29 is 23.8 Å². The van der Waals surface area contributed by atoms with E-state index in [4.69, 9.17) is 4.74 Å². The fourth-order valence-corrected chi connectivity index (χ4v) is 2.42. The van der Waals surface area contributed by atoms with E-state index >= 15 is 0 Å². The first kappa shape index (κ1) is 18.4. The van der Waals surface area contributed by atoms with Crippen molar-refractivity contribution in [2.45, 2.75) is 32.9 Å². The summed E-state index contributed by atoms with van der Waals surface area (Å²) in [5.74, 6) is -1.94. The van der Waals surface area contributed by atoms with Crippen molar-refractivity contribution in [3.8, 4) is 16.9 Å². The summed E-state index contributed by atoms with van der Waals surface area (Å²) in [7, 11) is 0. The molecule has 1 unspecified atom stereocenters. The molecule has 2 aromatic carbocycles. The number of aliphatic carboxylic acids is 1. The fraction of sp³-hybridized carbons (Fsp3) is 0.263. The standard InChI is InChI=1S/C19H20FNO4/c1-11(2)25-17-8-7-14(10-16(17)20)13-5-4-6-15(9-13)18(19(23)24)21-12(3)22/h4-11,18H,1-3H3,(H,21,22)(H,23,24). The van der Waals surface area contributed by atoms with Crippen LogP contribution in [-0.4, -0.2) is 23.1 Å². The van der Waals surface area contributed by atoms with Gasteiger partial charge in [0.05, 0.1) is 6.10 Å². The molecular formula is C19H20FNO4. The number of halogens is 1. The molecule has 0 aliphatic heterocycles. The number of carboxylic acid groups (broad SMARTS) is 1. The number of hydrogen-bond donors (Lipinski definition) is 2. The molecule has 6 heteroatoms. The predicted molar refractivity (Wildman–Crippen MR) is 91.8 cm³/mol. The maximum absolute atomic E-state index is 14.2. The lowest BCUT2D eigenvalue weighted by molar-refractivity contribution is -0.141. The van der Waals surface area contributed by atoms with E-state index < -0.39 is 23.7 Å². The lowest BCUT2D eigenvalue weighted by atomic mass is 9.99. The first-order chi connectivity index (χ1) is 11.8. The molecule has 0 radical (unpaired) electrons. The van der Waals surface area contributed by atoms with Gasteiger partial charge in [-0.05, 0) is 48.7 Å². The summed E-state index contributed by atoms with van der Waals surface area (Å²) in [4.78, 5) is 22.6. The quantitative estimate of drug-likeness (QED) is 0.840. The van der Waals surface area contributed by atoms with E-state index in [1.165, 1.54) is 13.0 Å². The number of carbonyl (C=O) groups is 2. The van der Waals surface area contributed by atoms with Gasteiger partial charge < -0.3 is 15.2 Å². The third-order valence-corrected chi connectivity index (χ3v) is 3.44. The lowest BCUT2D eigenvalue weighted by Gasteiger charge is -2.15. The van der Waals surface area contributed by atoms with Crippen LogP contribution in [-0.2, 0) is 9.59 Å². The molecule has 0 saturated carbocycles. The summed E-state index contributed by atoms with van der Waals surface area (Å²) in [5, 5.41) is 11.7. The zero-order valence-corrected chi connectivity index (χ0v) is 14.2. The Morgan fingerprint density at radius 3 is 2.36 bits per heavy atom. The summed E-state index contributed by atoms with van der Waals surface area (Å²) < 4.78 is 19.6. The van der Waals surface area contributed by atoms with Crippen LogP contribution in [0.15, 0.2) is 42.5 Å². The highest BCUT2D eigenvalue weighted by Crippen LogP contribution is 2.28. The summed E-state index contributed by atoms with van der Waals surface area (Å²) in [6.45, 7) is 4.87. The molecule has 132 valence electrons. The largest absolute Gasteiger partial charge is 0.488 e. The number of nitrogens with one attached hydrogen (secondary N) is 1. The molecule has 0 heterocycles. The van der Waals surface area contributed by atoms with E-state index in [1.807, 2.05) is 13.8 Å². The van der Waals surface area contributed by atoms with Gasteiger partial charge in [0, 0.05) is 6.92 Å². The highest BCUT2D eigenvalue weighted by molar-refractivity contribution is 5.83. The van der Waals surface area contributed by atoms with Gasteiger partial charge in [0.15, 0.2) is 17.6 Å². The van der Waals surface area contributed by atoms with E-state index in [1.54, 1.807) is 36.4 Å². The Morgan fingerprint density at radius 2 is 1.80 bits per heavy atom. The van der Waals surface area contributed by atoms with Crippen molar-refractivity contribution in [2.24, 2.45) is 0 Å². The van der Waals surface area contributed by atoms with Crippen molar-refractivity contribution >= 4 is 11.9 Å². The molecular weight excluding hydrogens is 325 g/mol. The van der Waals surface area contributed by atoms with Crippen molar-refractivity contribution in [1.29, 1.82) is 0 Å².